The van der Waals surface area contributed by atoms with Crippen molar-refractivity contribution < 1.29 is 18.0 Å². The van der Waals surface area contributed by atoms with Crippen LogP contribution in [0.15, 0.2) is 54.7 Å². The van der Waals surface area contributed by atoms with E-state index < -0.39 is 17.8 Å². The molecule has 0 aliphatic carbocycles. The highest BCUT2D eigenvalue weighted by Crippen LogP contribution is 2.31. The molecule has 32 heavy (non-hydrogen) atoms. The predicted molar refractivity (Wildman–Crippen MR) is 117 cm³/mol. The van der Waals surface area contributed by atoms with Gasteiger partial charge in [0.15, 0.2) is 0 Å². The standard InChI is InChI=1S/C23H16ClF3N4O/c1-12-4-3-5-18-21(12)31-19(11-28-18)16-10-14(6-8-17(16)24)30-22(32)15-7-9-20(23(25,26)27)29-13(15)2/h3-11H,1-2H3,(H,30,32). The first kappa shape index (κ1) is 21.7. The van der Waals surface area contributed by atoms with Crippen molar-refractivity contribution in [3.63, 3.8) is 0 Å². The third-order valence-electron chi connectivity index (χ3n) is 4.90. The number of nitrogens with one attached hydrogen (secondary N) is 1. The average Bonchev–Trinajstić information content (AvgIpc) is 2.74. The number of hydrogen-bond donors (Lipinski definition) is 1. The Morgan fingerprint density at radius 3 is 2.53 bits per heavy atom. The van der Waals surface area contributed by atoms with Gasteiger partial charge in [-0.25, -0.2) is 9.97 Å². The zero-order chi connectivity index (χ0) is 23.0. The SMILES string of the molecule is Cc1nc(C(F)(F)F)ccc1C(=O)Nc1ccc(Cl)c(-c2cnc3cccc(C)c3n2)c1. The first-order valence-corrected chi connectivity index (χ1v) is 9.90. The molecule has 1 N–H and O–H groups in total. The molecule has 0 radical (unpaired) electrons. The van der Waals surface area contributed by atoms with E-state index in [9.17, 15) is 18.0 Å². The molecule has 0 unspecified atom stereocenters. The molecule has 0 saturated carbocycles. The summed E-state index contributed by atoms with van der Waals surface area (Å²) in [5.74, 6) is -0.586. The molecule has 0 atom stereocenters. The minimum atomic E-state index is -4.58. The number of hydrogen-bond acceptors (Lipinski definition) is 4. The number of nitrogens with zero attached hydrogens (tertiary/aromatic N) is 3. The zero-order valence-electron chi connectivity index (χ0n) is 17.0. The minimum absolute atomic E-state index is 0.0256. The summed E-state index contributed by atoms with van der Waals surface area (Å²) < 4.78 is 38.5. The lowest BCUT2D eigenvalue weighted by Crippen LogP contribution is -2.16. The lowest BCUT2D eigenvalue weighted by Gasteiger charge is -2.12. The topological polar surface area (TPSA) is 67.8 Å². The summed E-state index contributed by atoms with van der Waals surface area (Å²) in [6.07, 6.45) is -2.98. The molecule has 0 fully saturated rings. The molecule has 9 heteroatoms. The van der Waals surface area contributed by atoms with Gasteiger partial charge in [-0.15, -0.1) is 0 Å². The second kappa shape index (κ2) is 8.20. The summed E-state index contributed by atoms with van der Waals surface area (Å²) >= 11 is 6.36. The molecule has 2 heterocycles. The molecule has 162 valence electrons. The van der Waals surface area contributed by atoms with Gasteiger partial charge in [0.2, 0.25) is 0 Å². The van der Waals surface area contributed by atoms with Crippen molar-refractivity contribution in [2.24, 2.45) is 0 Å². The highest BCUT2D eigenvalue weighted by atomic mass is 35.5. The van der Waals surface area contributed by atoms with Crippen LogP contribution in [0.3, 0.4) is 0 Å². The number of pyridine rings is 1. The molecule has 0 saturated heterocycles. The first-order valence-electron chi connectivity index (χ1n) is 9.52. The van der Waals surface area contributed by atoms with Crippen LogP contribution in [-0.4, -0.2) is 20.9 Å². The Morgan fingerprint density at radius 1 is 1.03 bits per heavy atom. The molecule has 1 amide bonds. The van der Waals surface area contributed by atoms with Gasteiger partial charge < -0.3 is 5.32 Å². The van der Waals surface area contributed by atoms with E-state index in [1.165, 1.54) is 6.92 Å². The van der Waals surface area contributed by atoms with Crippen LogP contribution in [-0.2, 0) is 6.18 Å². The normalized spacial score (nSPS) is 11.6. The third-order valence-corrected chi connectivity index (χ3v) is 5.23. The maximum absolute atomic E-state index is 12.8. The van der Waals surface area contributed by atoms with Gasteiger partial charge in [0.1, 0.15) is 5.69 Å². The third kappa shape index (κ3) is 4.27. The van der Waals surface area contributed by atoms with E-state index >= 15 is 0 Å². The van der Waals surface area contributed by atoms with Gasteiger partial charge in [0.05, 0.1) is 39.2 Å². The molecule has 2 aromatic carbocycles. The fraction of sp³-hybridized carbons (Fsp3) is 0.130. The lowest BCUT2D eigenvalue weighted by atomic mass is 10.1. The van der Waals surface area contributed by atoms with Crippen molar-refractivity contribution in [3.8, 4) is 11.3 Å². The Bertz CT molecular complexity index is 1360. The number of alkyl halides is 3. The highest BCUT2D eigenvalue weighted by molar-refractivity contribution is 6.33. The molecule has 0 aliphatic rings. The zero-order valence-corrected chi connectivity index (χ0v) is 17.7. The van der Waals surface area contributed by atoms with E-state index in [0.717, 1.165) is 28.7 Å². The number of para-hydroxylation sites is 1. The number of anilines is 1. The molecule has 0 bridgehead atoms. The van der Waals surface area contributed by atoms with Crippen molar-refractivity contribution in [3.05, 3.63) is 82.3 Å². The van der Waals surface area contributed by atoms with Gasteiger partial charge in [0, 0.05) is 11.3 Å². The van der Waals surface area contributed by atoms with E-state index in [1.54, 1.807) is 24.4 Å². The Morgan fingerprint density at radius 2 is 1.81 bits per heavy atom. The van der Waals surface area contributed by atoms with Crippen LogP contribution < -0.4 is 5.32 Å². The van der Waals surface area contributed by atoms with Crippen molar-refractivity contribution in [2.75, 3.05) is 5.32 Å². The summed E-state index contributed by atoms with van der Waals surface area (Å²) in [7, 11) is 0. The summed E-state index contributed by atoms with van der Waals surface area (Å²) in [4.78, 5) is 25.2. The number of fused-ring (bicyclic) bond motifs is 1. The van der Waals surface area contributed by atoms with E-state index in [2.05, 4.69) is 20.3 Å². The van der Waals surface area contributed by atoms with Crippen molar-refractivity contribution in [1.29, 1.82) is 0 Å². The van der Waals surface area contributed by atoms with Gasteiger partial charge in [-0.05, 0) is 55.8 Å². The smallest absolute Gasteiger partial charge is 0.322 e. The number of halogens is 4. The molecule has 5 nitrogen and oxygen atoms in total. The van der Waals surface area contributed by atoms with E-state index in [1.807, 2.05) is 25.1 Å². The fourth-order valence-corrected chi connectivity index (χ4v) is 3.47. The van der Waals surface area contributed by atoms with Crippen molar-refractivity contribution in [2.45, 2.75) is 20.0 Å². The Hall–Kier alpha value is -3.52. The van der Waals surface area contributed by atoms with Crippen LogP contribution >= 0.6 is 11.6 Å². The van der Waals surface area contributed by atoms with Crippen LogP contribution in [0.4, 0.5) is 18.9 Å². The Labute approximate surface area is 186 Å². The van der Waals surface area contributed by atoms with Crippen molar-refractivity contribution in [1.82, 2.24) is 15.0 Å². The summed E-state index contributed by atoms with van der Waals surface area (Å²) in [5.41, 5.74) is 2.90. The average molecular weight is 457 g/mol. The van der Waals surface area contributed by atoms with Crippen LogP contribution in [0.25, 0.3) is 22.3 Å². The van der Waals surface area contributed by atoms with Gasteiger partial charge in [-0.3, -0.25) is 9.78 Å². The Balaban J connectivity index is 1.65. The van der Waals surface area contributed by atoms with Gasteiger partial charge in [-0.1, -0.05) is 23.7 Å². The van der Waals surface area contributed by atoms with Gasteiger partial charge >= 0.3 is 6.18 Å². The second-order valence-electron chi connectivity index (χ2n) is 7.17. The van der Waals surface area contributed by atoms with Crippen LogP contribution in [0.1, 0.15) is 27.3 Å². The largest absolute Gasteiger partial charge is 0.433 e. The van der Waals surface area contributed by atoms with E-state index in [-0.39, 0.29) is 11.3 Å². The number of aromatic nitrogens is 3. The molecule has 4 rings (SSSR count). The maximum Gasteiger partial charge on any atom is 0.433 e. The summed E-state index contributed by atoms with van der Waals surface area (Å²) in [6, 6.07) is 12.4. The van der Waals surface area contributed by atoms with Crippen LogP contribution in [0, 0.1) is 13.8 Å². The minimum Gasteiger partial charge on any atom is -0.322 e. The molecular weight excluding hydrogens is 441 g/mol. The number of carbonyl (C=O) groups is 1. The summed E-state index contributed by atoms with van der Waals surface area (Å²) in [6.45, 7) is 3.28. The number of benzene rings is 2. The number of rotatable bonds is 3. The number of aryl methyl sites for hydroxylation is 2. The monoisotopic (exact) mass is 456 g/mol. The maximum atomic E-state index is 12.8. The molecule has 2 aromatic heterocycles. The Kier molecular flexibility index (Phi) is 5.56. The lowest BCUT2D eigenvalue weighted by molar-refractivity contribution is -0.141. The van der Waals surface area contributed by atoms with Gasteiger partial charge in [-0.2, -0.15) is 13.2 Å². The fourth-order valence-electron chi connectivity index (χ4n) is 3.26. The van der Waals surface area contributed by atoms with Crippen molar-refractivity contribution >= 4 is 34.2 Å². The summed E-state index contributed by atoms with van der Waals surface area (Å²) in [5, 5.41) is 3.09. The molecule has 0 spiro atoms. The highest BCUT2D eigenvalue weighted by Gasteiger charge is 2.33. The quantitative estimate of drug-likeness (QED) is 0.396. The molecular formula is C23H16ClF3N4O. The molecule has 0 aliphatic heterocycles. The van der Waals surface area contributed by atoms with Crippen LogP contribution in [0.5, 0.6) is 0 Å². The molecule has 4 aromatic rings. The second-order valence-corrected chi connectivity index (χ2v) is 7.58. The van der Waals surface area contributed by atoms with E-state index in [4.69, 9.17) is 11.6 Å². The first-order chi connectivity index (χ1) is 15.1. The predicted octanol–water partition coefficient (Wildman–Crippen LogP) is 6.23. The number of carbonyl (C=O) groups excluding carboxylic acids is 1. The van der Waals surface area contributed by atoms with Crippen LogP contribution in [0.2, 0.25) is 5.02 Å². The van der Waals surface area contributed by atoms with Gasteiger partial charge in [0.25, 0.3) is 5.91 Å². The number of amides is 1. The van der Waals surface area contributed by atoms with E-state index in [0.29, 0.717) is 22.0 Å².